The fourth-order valence-corrected chi connectivity index (χ4v) is 1.60. The van der Waals surface area contributed by atoms with E-state index in [9.17, 15) is 15.1 Å². The van der Waals surface area contributed by atoms with E-state index in [0.29, 0.717) is 10.3 Å². The van der Waals surface area contributed by atoms with E-state index >= 15 is 0 Å². The summed E-state index contributed by atoms with van der Waals surface area (Å²) >= 11 is 0. The number of nitrogens with zero attached hydrogens (tertiary/aromatic N) is 1. The molecule has 0 spiro atoms. The molecule has 90 valence electrons. The zero-order chi connectivity index (χ0) is 13.0. The van der Waals surface area contributed by atoms with Crippen LogP contribution in [0.1, 0.15) is 11.1 Å². The van der Waals surface area contributed by atoms with E-state index in [2.05, 4.69) is 0 Å². The first-order chi connectivity index (χ1) is 8.66. The molecule has 1 N–H and O–H groups in total. The monoisotopic (exact) mass is 241 g/mol. The molecule has 2 aromatic rings. The molecule has 2 rings (SSSR count). The molecule has 0 radical (unpaired) electrons. The first kappa shape index (κ1) is 11.9. The lowest BCUT2D eigenvalue weighted by Gasteiger charge is -2.03. The first-order valence-corrected chi connectivity index (χ1v) is 5.36. The molecule has 4 heteroatoms. The second kappa shape index (κ2) is 5.14. The Balaban J connectivity index is 2.47. The number of rotatable bonds is 3. The molecule has 4 nitrogen and oxygen atoms in total. The van der Waals surface area contributed by atoms with Gasteiger partial charge in [-0.05, 0) is 17.7 Å². The van der Waals surface area contributed by atoms with Gasteiger partial charge in [0, 0.05) is 6.07 Å². The maximum atomic E-state index is 11.2. The molecule has 0 bridgehead atoms. The van der Waals surface area contributed by atoms with Crippen LogP contribution in [0.2, 0.25) is 0 Å². The smallest absolute Gasteiger partial charge is 0.336 e. The quantitative estimate of drug-likeness (QED) is 0.507. The standard InChI is InChI=1S/C14H11NO3/c16-14(17)13(9-11-5-2-1-3-6-11)12-7-4-8-15(18)10-12/h1-10H,(H,16,17)/b13-9+. The Morgan fingerprint density at radius 2 is 1.89 bits per heavy atom. The predicted octanol–water partition coefficient (Wildman–Crippen LogP) is 1.95. The van der Waals surface area contributed by atoms with Crippen LogP contribution in [0.15, 0.2) is 54.9 Å². The minimum absolute atomic E-state index is 0.0893. The van der Waals surface area contributed by atoms with Crippen LogP contribution in [0.5, 0.6) is 0 Å². The van der Waals surface area contributed by atoms with Gasteiger partial charge >= 0.3 is 5.97 Å². The van der Waals surface area contributed by atoms with Crippen molar-refractivity contribution in [2.75, 3.05) is 0 Å². The van der Waals surface area contributed by atoms with Crippen molar-refractivity contribution in [2.45, 2.75) is 0 Å². The van der Waals surface area contributed by atoms with E-state index in [1.807, 2.05) is 18.2 Å². The van der Waals surface area contributed by atoms with Gasteiger partial charge < -0.3 is 10.3 Å². The number of carbonyl (C=O) groups is 1. The lowest BCUT2D eigenvalue weighted by atomic mass is 10.0. The van der Waals surface area contributed by atoms with Gasteiger partial charge in [0.05, 0.1) is 11.1 Å². The molecule has 0 unspecified atom stereocenters. The summed E-state index contributed by atoms with van der Waals surface area (Å²) in [6, 6.07) is 12.2. The van der Waals surface area contributed by atoms with Crippen molar-refractivity contribution in [3.63, 3.8) is 0 Å². The maximum Gasteiger partial charge on any atom is 0.336 e. The molecule has 1 heterocycles. The zero-order valence-electron chi connectivity index (χ0n) is 9.48. The van der Waals surface area contributed by atoms with Gasteiger partial charge in [0.15, 0.2) is 12.4 Å². The van der Waals surface area contributed by atoms with E-state index in [0.717, 1.165) is 5.56 Å². The molecule has 0 aliphatic carbocycles. The van der Waals surface area contributed by atoms with Gasteiger partial charge in [0.25, 0.3) is 0 Å². The Bertz CT molecular complexity index is 591. The molecule has 1 aromatic carbocycles. The van der Waals surface area contributed by atoms with Crippen LogP contribution in [0, 0.1) is 5.21 Å². The average molecular weight is 241 g/mol. The number of hydrogen-bond acceptors (Lipinski definition) is 2. The Morgan fingerprint density at radius 3 is 2.50 bits per heavy atom. The third kappa shape index (κ3) is 2.74. The minimum atomic E-state index is -1.06. The number of pyridine rings is 1. The number of aliphatic carboxylic acids is 1. The summed E-state index contributed by atoms with van der Waals surface area (Å²) in [6.07, 6.45) is 4.09. The Labute approximate surface area is 104 Å². The van der Waals surface area contributed by atoms with Crippen LogP contribution in [-0.4, -0.2) is 11.1 Å². The normalized spacial score (nSPS) is 11.2. The van der Waals surface area contributed by atoms with Crippen LogP contribution < -0.4 is 4.73 Å². The summed E-state index contributed by atoms with van der Waals surface area (Å²) < 4.78 is 0.580. The van der Waals surface area contributed by atoms with E-state index in [4.69, 9.17) is 0 Å². The van der Waals surface area contributed by atoms with Gasteiger partial charge in [-0.15, -0.1) is 0 Å². The van der Waals surface area contributed by atoms with Crippen LogP contribution >= 0.6 is 0 Å². The van der Waals surface area contributed by atoms with Gasteiger partial charge in [-0.3, -0.25) is 0 Å². The van der Waals surface area contributed by atoms with Crippen molar-refractivity contribution >= 4 is 17.6 Å². The Hall–Kier alpha value is -2.62. The molecule has 0 aliphatic rings. The molecule has 0 saturated carbocycles. The van der Waals surface area contributed by atoms with E-state index in [-0.39, 0.29) is 5.57 Å². The van der Waals surface area contributed by atoms with Gasteiger partial charge in [-0.2, -0.15) is 4.73 Å². The van der Waals surface area contributed by atoms with Crippen LogP contribution in [0.25, 0.3) is 11.6 Å². The molecular weight excluding hydrogens is 230 g/mol. The minimum Gasteiger partial charge on any atom is -0.619 e. The molecule has 1 aromatic heterocycles. The number of aromatic nitrogens is 1. The summed E-state index contributed by atoms with van der Waals surface area (Å²) in [6.45, 7) is 0. The highest BCUT2D eigenvalue weighted by Crippen LogP contribution is 2.17. The van der Waals surface area contributed by atoms with Gasteiger partial charge in [-0.25, -0.2) is 4.79 Å². The highest BCUT2D eigenvalue weighted by Gasteiger charge is 2.12. The second-order valence-electron chi connectivity index (χ2n) is 3.73. The third-order valence-corrected chi connectivity index (χ3v) is 2.43. The Kier molecular flexibility index (Phi) is 3.38. The number of carboxylic acids is 1. The summed E-state index contributed by atoms with van der Waals surface area (Å²) in [4.78, 5) is 11.2. The van der Waals surface area contributed by atoms with Crippen molar-refractivity contribution in [1.29, 1.82) is 0 Å². The molecular formula is C14H11NO3. The highest BCUT2D eigenvalue weighted by molar-refractivity contribution is 6.20. The summed E-state index contributed by atoms with van der Waals surface area (Å²) in [5.41, 5.74) is 1.24. The lowest BCUT2D eigenvalue weighted by molar-refractivity contribution is -0.605. The van der Waals surface area contributed by atoms with E-state index in [1.54, 1.807) is 18.2 Å². The predicted molar refractivity (Wildman–Crippen MR) is 67.4 cm³/mol. The van der Waals surface area contributed by atoms with Crippen molar-refractivity contribution in [3.05, 3.63) is 71.2 Å². The number of benzene rings is 1. The first-order valence-electron chi connectivity index (χ1n) is 5.36. The van der Waals surface area contributed by atoms with Gasteiger partial charge in [0.2, 0.25) is 0 Å². The van der Waals surface area contributed by atoms with Gasteiger partial charge in [-0.1, -0.05) is 30.3 Å². The van der Waals surface area contributed by atoms with Crippen molar-refractivity contribution < 1.29 is 14.6 Å². The van der Waals surface area contributed by atoms with E-state index < -0.39 is 5.97 Å². The topological polar surface area (TPSA) is 64.2 Å². The summed E-state index contributed by atoms with van der Waals surface area (Å²) in [5.74, 6) is -1.06. The maximum absolute atomic E-state index is 11.2. The second-order valence-corrected chi connectivity index (χ2v) is 3.73. The van der Waals surface area contributed by atoms with E-state index in [1.165, 1.54) is 24.5 Å². The van der Waals surface area contributed by atoms with Crippen molar-refractivity contribution in [3.8, 4) is 0 Å². The van der Waals surface area contributed by atoms with Crippen LogP contribution in [0.4, 0.5) is 0 Å². The largest absolute Gasteiger partial charge is 0.619 e. The van der Waals surface area contributed by atoms with Crippen LogP contribution in [0.3, 0.4) is 0 Å². The van der Waals surface area contributed by atoms with Crippen molar-refractivity contribution in [1.82, 2.24) is 0 Å². The van der Waals surface area contributed by atoms with Gasteiger partial charge in [0.1, 0.15) is 0 Å². The fourth-order valence-electron chi connectivity index (χ4n) is 1.60. The summed E-state index contributed by atoms with van der Waals surface area (Å²) in [7, 11) is 0. The number of carboxylic acid groups (broad SMARTS) is 1. The molecule has 0 fully saturated rings. The number of hydrogen-bond donors (Lipinski definition) is 1. The third-order valence-electron chi connectivity index (χ3n) is 2.43. The molecule has 0 aliphatic heterocycles. The molecule has 0 atom stereocenters. The highest BCUT2D eigenvalue weighted by atomic mass is 16.5. The molecule has 0 saturated heterocycles. The fraction of sp³-hybridized carbons (Fsp3) is 0. The zero-order valence-corrected chi connectivity index (χ0v) is 9.48. The lowest BCUT2D eigenvalue weighted by Crippen LogP contribution is -2.25. The Morgan fingerprint density at radius 1 is 1.17 bits per heavy atom. The molecule has 0 amide bonds. The summed E-state index contributed by atoms with van der Waals surface area (Å²) in [5, 5.41) is 20.4. The molecule has 18 heavy (non-hydrogen) atoms. The van der Waals surface area contributed by atoms with Crippen molar-refractivity contribution in [2.24, 2.45) is 0 Å². The van der Waals surface area contributed by atoms with Crippen LogP contribution in [-0.2, 0) is 4.79 Å². The average Bonchev–Trinajstić information content (AvgIpc) is 2.37. The SMILES string of the molecule is O=C(O)/C(=C/c1ccccc1)c1ccc[n+]([O-])c1.